The van der Waals surface area contributed by atoms with E-state index in [1.54, 1.807) is 6.07 Å². The number of carboxylic acids is 1. The molecule has 1 aromatic heterocycles. The summed E-state index contributed by atoms with van der Waals surface area (Å²) in [7, 11) is 0. The Bertz CT molecular complexity index is 814. The molecule has 0 aliphatic rings. The minimum absolute atomic E-state index is 0.131. The summed E-state index contributed by atoms with van der Waals surface area (Å²) >= 11 is 0. The van der Waals surface area contributed by atoms with Gasteiger partial charge in [0.15, 0.2) is 0 Å². The Kier molecular flexibility index (Phi) is 3.28. The van der Waals surface area contributed by atoms with Crippen LogP contribution in [0.5, 0.6) is 0 Å². The molecular formula is C17H13N2O2-. The van der Waals surface area contributed by atoms with Crippen LogP contribution in [0.25, 0.3) is 10.9 Å². The van der Waals surface area contributed by atoms with Crippen molar-refractivity contribution in [1.82, 2.24) is 4.98 Å². The lowest BCUT2D eigenvalue weighted by Gasteiger charge is -2.12. The van der Waals surface area contributed by atoms with Crippen molar-refractivity contribution in [1.29, 1.82) is 0 Å². The number of anilines is 2. The third-order valence-electron chi connectivity index (χ3n) is 3.23. The van der Waals surface area contributed by atoms with E-state index < -0.39 is 5.97 Å². The second kappa shape index (κ2) is 5.25. The Labute approximate surface area is 122 Å². The number of para-hydroxylation sites is 1. The summed E-state index contributed by atoms with van der Waals surface area (Å²) in [6.07, 6.45) is 0. The van der Waals surface area contributed by atoms with Gasteiger partial charge in [0.25, 0.3) is 0 Å². The van der Waals surface area contributed by atoms with Crippen LogP contribution >= 0.6 is 0 Å². The van der Waals surface area contributed by atoms with Crippen molar-refractivity contribution >= 4 is 28.2 Å². The van der Waals surface area contributed by atoms with Crippen molar-refractivity contribution in [2.75, 3.05) is 5.32 Å². The maximum atomic E-state index is 11.0. The number of aryl methyl sites for hydroxylation is 1. The van der Waals surface area contributed by atoms with Gasteiger partial charge in [-0.15, -0.1) is 0 Å². The molecule has 0 aliphatic heterocycles. The van der Waals surface area contributed by atoms with Gasteiger partial charge in [0, 0.05) is 22.5 Å². The van der Waals surface area contributed by atoms with Crippen molar-refractivity contribution < 1.29 is 9.90 Å². The molecule has 2 aromatic carbocycles. The number of carboxylic acid groups (broad SMARTS) is 1. The van der Waals surface area contributed by atoms with Crippen molar-refractivity contribution in [2.45, 2.75) is 6.92 Å². The predicted octanol–water partition coefficient (Wildman–Crippen LogP) is 2.65. The minimum Gasteiger partial charge on any atom is -0.545 e. The average Bonchev–Trinajstić information content (AvgIpc) is 2.47. The van der Waals surface area contributed by atoms with Crippen molar-refractivity contribution in [3.05, 3.63) is 65.9 Å². The van der Waals surface area contributed by atoms with Gasteiger partial charge < -0.3 is 15.2 Å². The molecule has 4 heteroatoms. The van der Waals surface area contributed by atoms with Crippen LogP contribution < -0.4 is 10.4 Å². The maximum absolute atomic E-state index is 11.0. The number of aromatic carboxylic acids is 1. The molecule has 0 fully saturated rings. The maximum Gasteiger partial charge on any atom is 0.0732 e. The zero-order valence-corrected chi connectivity index (χ0v) is 11.5. The molecule has 0 saturated heterocycles. The molecular weight excluding hydrogens is 264 g/mol. The highest BCUT2D eigenvalue weighted by Crippen LogP contribution is 2.27. The summed E-state index contributed by atoms with van der Waals surface area (Å²) in [6.45, 7) is 1.88. The summed E-state index contributed by atoms with van der Waals surface area (Å²) < 4.78 is 0. The number of rotatable bonds is 3. The quantitative estimate of drug-likeness (QED) is 0.799. The number of nitrogens with zero attached hydrogens (tertiary/aromatic N) is 1. The molecule has 21 heavy (non-hydrogen) atoms. The largest absolute Gasteiger partial charge is 0.545 e. The Morgan fingerprint density at radius 3 is 2.57 bits per heavy atom. The number of pyridine rings is 1. The van der Waals surface area contributed by atoms with E-state index in [0.717, 1.165) is 22.5 Å². The zero-order valence-electron chi connectivity index (χ0n) is 11.5. The monoisotopic (exact) mass is 277 g/mol. The van der Waals surface area contributed by atoms with Crippen LogP contribution in [0, 0.1) is 6.92 Å². The van der Waals surface area contributed by atoms with Gasteiger partial charge in [0.2, 0.25) is 0 Å². The smallest absolute Gasteiger partial charge is 0.0732 e. The number of fused-ring (bicyclic) bond motifs is 1. The Balaban J connectivity index is 2.12. The van der Waals surface area contributed by atoms with E-state index in [1.165, 1.54) is 12.1 Å². The van der Waals surface area contributed by atoms with Gasteiger partial charge in [0.1, 0.15) is 0 Å². The van der Waals surface area contributed by atoms with Gasteiger partial charge in [0.05, 0.1) is 11.5 Å². The van der Waals surface area contributed by atoms with Gasteiger partial charge in [-0.05, 0) is 36.8 Å². The summed E-state index contributed by atoms with van der Waals surface area (Å²) in [5.41, 5.74) is 3.44. The number of hydrogen-bond acceptors (Lipinski definition) is 4. The number of carbonyl (C=O) groups excluding carboxylic acids is 1. The third-order valence-corrected chi connectivity index (χ3v) is 3.23. The first-order valence-corrected chi connectivity index (χ1v) is 6.58. The van der Waals surface area contributed by atoms with Crippen LogP contribution in [-0.4, -0.2) is 11.0 Å². The first kappa shape index (κ1) is 13.1. The van der Waals surface area contributed by atoms with Crippen LogP contribution in [-0.2, 0) is 0 Å². The lowest BCUT2D eigenvalue weighted by atomic mass is 10.1. The second-order valence-electron chi connectivity index (χ2n) is 4.82. The minimum atomic E-state index is -1.20. The predicted molar refractivity (Wildman–Crippen MR) is 80.5 cm³/mol. The summed E-state index contributed by atoms with van der Waals surface area (Å²) in [5.74, 6) is -1.20. The van der Waals surface area contributed by atoms with E-state index >= 15 is 0 Å². The van der Waals surface area contributed by atoms with Gasteiger partial charge >= 0.3 is 0 Å². The van der Waals surface area contributed by atoms with Crippen LogP contribution in [0.2, 0.25) is 0 Å². The van der Waals surface area contributed by atoms with Crippen LogP contribution in [0.15, 0.2) is 54.6 Å². The zero-order chi connectivity index (χ0) is 14.8. The summed E-state index contributed by atoms with van der Waals surface area (Å²) in [6, 6.07) is 16.5. The number of hydrogen-bond donors (Lipinski definition) is 1. The van der Waals surface area contributed by atoms with Gasteiger partial charge in [-0.25, -0.2) is 0 Å². The van der Waals surface area contributed by atoms with E-state index in [9.17, 15) is 9.90 Å². The lowest BCUT2D eigenvalue weighted by Crippen LogP contribution is -2.22. The fraction of sp³-hybridized carbons (Fsp3) is 0.0588. The third kappa shape index (κ3) is 2.69. The highest BCUT2D eigenvalue weighted by Gasteiger charge is 2.06. The van der Waals surface area contributed by atoms with Crippen molar-refractivity contribution in [3.8, 4) is 0 Å². The number of benzene rings is 2. The van der Waals surface area contributed by atoms with Crippen LogP contribution in [0.3, 0.4) is 0 Å². The van der Waals surface area contributed by atoms with E-state index in [2.05, 4.69) is 10.3 Å². The number of aromatic nitrogens is 1. The normalized spacial score (nSPS) is 10.5. The fourth-order valence-electron chi connectivity index (χ4n) is 2.27. The molecule has 104 valence electrons. The molecule has 1 heterocycles. The number of nitrogens with one attached hydrogen (secondary N) is 1. The molecule has 0 unspecified atom stereocenters. The molecule has 0 bridgehead atoms. The standard InChI is InChI=1S/C17H14N2O2/c1-11-9-15(19-13-5-3-2-4-6-13)14-8-7-12(17(20)21)10-16(14)18-11/h2-10H,1H3,(H,18,19)(H,20,21)/p-1. The van der Waals surface area contributed by atoms with E-state index in [4.69, 9.17) is 0 Å². The molecule has 0 radical (unpaired) electrons. The van der Waals surface area contributed by atoms with Crippen LogP contribution in [0.4, 0.5) is 11.4 Å². The van der Waals surface area contributed by atoms with Gasteiger partial charge in [-0.3, -0.25) is 4.98 Å². The molecule has 0 aliphatic carbocycles. The van der Waals surface area contributed by atoms with Crippen molar-refractivity contribution in [3.63, 3.8) is 0 Å². The molecule has 3 rings (SSSR count). The SMILES string of the molecule is Cc1cc(Nc2ccccc2)c2ccc(C(=O)[O-])cc2n1. The Morgan fingerprint density at radius 1 is 1.10 bits per heavy atom. The molecule has 0 amide bonds. The average molecular weight is 277 g/mol. The molecule has 1 N–H and O–H groups in total. The molecule has 4 nitrogen and oxygen atoms in total. The van der Waals surface area contributed by atoms with Gasteiger partial charge in [-0.1, -0.05) is 30.3 Å². The molecule has 3 aromatic rings. The van der Waals surface area contributed by atoms with Gasteiger partial charge in [-0.2, -0.15) is 0 Å². The number of carbonyl (C=O) groups is 1. The van der Waals surface area contributed by atoms with E-state index in [0.29, 0.717) is 5.52 Å². The summed E-state index contributed by atoms with van der Waals surface area (Å²) in [5, 5.41) is 15.2. The highest BCUT2D eigenvalue weighted by molar-refractivity contribution is 5.97. The van der Waals surface area contributed by atoms with Crippen LogP contribution in [0.1, 0.15) is 16.1 Å². The Morgan fingerprint density at radius 2 is 1.86 bits per heavy atom. The lowest BCUT2D eigenvalue weighted by molar-refractivity contribution is -0.255. The van der Waals surface area contributed by atoms with E-state index in [-0.39, 0.29) is 5.56 Å². The first-order valence-electron chi connectivity index (χ1n) is 6.58. The van der Waals surface area contributed by atoms with E-state index in [1.807, 2.05) is 43.3 Å². The topological polar surface area (TPSA) is 65.0 Å². The second-order valence-corrected chi connectivity index (χ2v) is 4.82. The van der Waals surface area contributed by atoms with Crippen molar-refractivity contribution in [2.24, 2.45) is 0 Å². The first-order chi connectivity index (χ1) is 10.1. The molecule has 0 atom stereocenters. The Hall–Kier alpha value is -2.88. The molecule has 0 saturated carbocycles. The molecule has 0 spiro atoms. The highest BCUT2D eigenvalue weighted by atomic mass is 16.4. The fourth-order valence-corrected chi connectivity index (χ4v) is 2.27. The summed E-state index contributed by atoms with van der Waals surface area (Å²) in [4.78, 5) is 15.3.